The summed E-state index contributed by atoms with van der Waals surface area (Å²) in [7, 11) is 0. The molecule has 0 radical (unpaired) electrons. The number of halogens is 1. The van der Waals surface area contributed by atoms with Crippen molar-refractivity contribution in [3.63, 3.8) is 0 Å². The van der Waals surface area contributed by atoms with Crippen LogP contribution < -0.4 is 5.73 Å². The van der Waals surface area contributed by atoms with E-state index in [2.05, 4.69) is 4.98 Å². The normalized spacial score (nSPS) is 16.7. The minimum Gasteiger partial charge on any atom is -0.327 e. The summed E-state index contributed by atoms with van der Waals surface area (Å²) in [5.41, 5.74) is 5.76. The van der Waals surface area contributed by atoms with Crippen molar-refractivity contribution in [3.05, 3.63) is 16.6 Å². The Labute approximate surface area is 62.9 Å². The van der Waals surface area contributed by atoms with Gasteiger partial charge in [0.25, 0.3) is 0 Å². The second-order valence-electron chi connectivity index (χ2n) is 2.28. The van der Waals surface area contributed by atoms with Crippen LogP contribution in [-0.4, -0.2) is 11.5 Å². The fourth-order valence-corrected chi connectivity index (χ4v) is 1.25. The third kappa shape index (κ3) is 1.33. The molecule has 1 rings (SSSR count). The number of rotatable bonds is 2. The summed E-state index contributed by atoms with van der Waals surface area (Å²) in [4.78, 5) is 3.82. The van der Waals surface area contributed by atoms with Crippen molar-refractivity contribution in [1.82, 2.24) is 4.98 Å². The fourth-order valence-electron chi connectivity index (χ4n) is 0.575. The van der Waals surface area contributed by atoms with Gasteiger partial charge in [0.1, 0.15) is 0 Å². The van der Waals surface area contributed by atoms with Crippen LogP contribution >= 0.6 is 11.3 Å². The highest BCUT2D eigenvalue weighted by Crippen LogP contribution is 2.22. The topological polar surface area (TPSA) is 38.9 Å². The third-order valence-corrected chi connectivity index (χ3v) is 1.94. The zero-order chi connectivity index (χ0) is 7.61. The van der Waals surface area contributed by atoms with Crippen LogP contribution in [0.15, 0.2) is 10.9 Å². The van der Waals surface area contributed by atoms with E-state index in [1.54, 1.807) is 10.9 Å². The molecule has 1 aromatic heterocycles. The molecular weight excluding hydrogens is 151 g/mol. The first-order chi connectivity index (χ1) is 4.67. The van der Waals surface area contributed by atoms with E-state index in [-0.39, 0.29) is 6.54 Å². The summed E-state index contributed by atoms with van der Waals surface area (Å²) in [5, 5.41) is 1.67. The second-order valence-corrected chi connectivity index (χ2v) is 2.99. The third-order valence-electron chi connectivity index (χ3n) is 1.35. The van der Waals surface area contributed by atoms with Gasteiger partial charge in [-0.05, 0) is 6.92 Å². The molecule has 0 aromatic carbocycles. The van der Waals surface area contributed by atoms with Gasteiger partial charge in [-0.1, -0.05) is 0 Å². The van der Waals surface area contributed by atoms with Crippen molar-refractivity contribution in [1.29, 1.82) is 0 Å². The van der Waals surface area contributed by atoms with Crippen molar-refractivity contribution in [2.45, 2.75) is 12.6 Å². The fraction of sp³-hybridized carbons (Fsp3) is 0.500. The van der Waals surface area contributed by atoms with Gasteiger partial charge in [-0.15, -0.1) is 11.3 Å². The monoisotopic (exact) mass is 160 g/mol. The summed E-state index contributed by atoms with van der Waals surface area (Å²) in [6, 6.07) is 0. The minimum atomic E-state index is -1.46. The lowest BCUT2D eigenvalue weighted by Crippen LogP contribution is -2.26. The molecule has 1 unspecified atom stereocenters. The summed E-state index contributed by atoms with van der Waals surface area (Å²) in [6.45, 7) is 1.42. The lowest BCUT2D eigenvalue weighted by atomic mass is 10.1. The Morgan fingerprint density at radius 3 is 3.00 bits per heavy atom. The highest BCUT2D eigenvalue weighted by Gasteiger charge is 2.25. The first-order valence-corrected chi connectivity index (χ1v) is 3.89. The van der Waals surface area contributed by atoms with Gasteiger partial charge in [0, 0.05) is 11.9 Å². The molecule has 0 aliphatic rings. The first-order valence-electron chi connectivity index (χ1n) is 2.94. The van der Waals surface area contributed by atoms with Crippen LogP contribution in [0.5, 0.6) is 0 Å². The van der Waals surface area contributed by atoms with E-state index in [4.69, 9.17) is 5.73 Å². The molecule has 0 aliphatic heterocycles. The SMILES string of the molecule is CC(F)(CN)c1cscn1. The van der Waals surface area contributed by atoms with E-state index in [0.717, 1.165) is 0 Å². The lowest BCUT2D eigenvalue weighted by molar-refractivity contribution is 0.197. The van der Waals surface area contributed by atoms with E-state index in [0.29, 0.717) is 5.69 Å². The van der Waals surface area contributed by atoms with Gasteiger partial charge in [0.2, 0.25) is 0 Å². The standard InChI is InChI=1S/C6H9FN2S/c1-6(7,3-8)5-2-10-4-9-5/h2,4H,3,8H2,1H3. The molecule has 0 saturated heterocycles. The molecule has 0 amide bonds. The minimum absolute atomic E-state index is 0.0171. The molecule has 1 aromatic rings. The van der Waals surface area contributed by atoms with E-state index in [1.165, 1.54) is 18.3 Å². The van der Waals surface area contributed by atoms with Crippen LogP contribution in [0.3, 0.4) is 0 Å². The summed E-state index contributed by atoms with van der Waals surface area (Å²) in [5.74, 6) is 0. The zero-order valence-electron chi connectivity index (χ0n) is 5.67. The molecule has 0 spiro atoms. The molecule has 1 heterocycles. The number of aromatic nitrogens is 1. The molecular formula is C6H9FN2S. The Morgan fingerprint density at radius 2 is 2.60 bits per heavy atom. The highest BCUT2D eigenvalue weighted by atomic mass is 32.1. The predicted molar refractivity (Wildman–Crippen MR) is 39.6 cm³/mol. The Balaban J connectivity index is 2.85. The molecule has 56 valence electrons. The summed E-state index contributed by atoms with van der Waals surface area (Å²) < 4.78 is 13.2. The number of nitrogens with zero attached hydrogens (tertiary/aromatic N) is 1. The van der Waals surface area contributed by atoms with Crippen molar-refractivity contribution >= 4 is 11.3 Å². The van der Waals surface area contributed by atoms with Gasteiger partial charge in [0.15, 0.2) is 5.67 Å². The Morgan fingerprint density at radius 1 is 1.90 bits per heavy atom. The summed E-state index contributed by atoms with van der Waals surface area (Å²) >= 11 is 1.38. The average molecular weight is 160 g/mol. The number of thiazole rings is 1. The van der Waals surface area contributed by atoms with E-state index < -0.39 is 5.67 Å². The van der Waals surface area contributed by atoms with Gasteiger partial charge in [0.05, 0.1) is 11.2 Å². The van der Waals surface area contributed by atoms with Gasteiger partial charge in [-0.3, -0.25) is 0 Å². The molecule has 2 N–H and O–H groups in total. The van der Waals surface area contributed by atoms with Gasteiger partial charge >= 0.3 is 0 Å². The van der Waals surface area contributed by atoms with E-state index in [9.17, 15) is 4.39 Å². The highest BCUT2D eigenvalue weighted by molar-refractivity contribution is 7.07. The zero-order valence-corrected chi connectivity index (χ0v) is 6.49. The predicted octanol–water partition coefficient (Wildman–Crippen LogP) is 1.29. The maximum Gasteiger partial charge on any atom is 0.162 e. The lowest BCUT2D eigenvalue weighted by Gasteiger charge is -2.13. The molecule has 0 aliphatic carbocycles. The molecule has 2 nitrogen and oxygen atoms in total. The number of nitrogens with two attached hydrogens (primary N) is 1. The number of hydrogen-bond donors (Lipinski definition) is 1. The van der Waals surface area contributed by atoms with Crippen LogP contribution in [0.25, 0.3) is 0 Å². The van der Waals surface area contributed by atoms with Crippen molar-refractivity contribution in [2.24, 2.45) is 5.73 Å². The average Bonchev–Trinajstić information content (AvgIpc) is 2.38. The van der Waals surface area contributed by atoms with Crippen molar-refractivity contribution < 1.29 is 4.39 Å². The van der Waals surface area contributed by atoms with Gasteiger partial charge in [-0.2, -0.15) is 0 Å². The molecule has 0 bridgehead atoms. The molecule has 4 heteroatoms. The molecule has 1 atom stereocenters. The smallest absolute Gasteiger partial charge is 0.162 e. The van der Waals surface area contributed by atoms with Gasteiger partial charge in [-0.25, -0.2) is 9.37 Å². The van der Waals surface area contributed by atoms with E-state index in [1.807, 2.05) is 0 Å². The quantitative estimate of drug-likeness (QED) is 0.708. The van der Waals surface area contributed by atoms with Crippen LogP contribution in [0.2, 0.25) is 0 Å². The second kappa shape index (κ2) is 2.64. The van der Waals surface area contributed by atoms with Crippen LogP contribution in [0.1, 0.15) is 12.6 Å². The summed E-state index contributed by atoms with van der Waals surface area (Å²) in [6.07, 6.45) is 0. The Kier molecular flexibility index (Phi) is 2.01. The molecule has 0 saturated carbocycles. The van der Waals surface area contributed by atoms with Crippen LogP contribution in [0, 0.1) is 0 Å². The van der Waals surface area contributed by atoms with Crippen LogP contribution in [0.4, 0.5) is 4.39 Å². The maximum atomic E-state index is 13.2. The molecule has 0 fully saturated rings. The maximum absolute atomic E-state index is 13.2. The van der Waals surface area contributed by atoms with Crippen molar-refractivity contribution in [2.75, 3.05) is 6.54 Å². The number of hydrogen-bond acceptors (Lipinski definition) is 3. The largest absolute Gasteiger partial charge is 0.327 e. The Bertz CT molecular complexity index is 196. The Hall–Kier alpha value is -0.480. The van der Waals surface area contributed by atoms with Gasteiger partial charge < -0.3 is 5.73 Å². The van der Waals surface area contributed by atoms with Crippen LogP contribution in [-0.2, 0) is 5.67 Å². The first kappa shape index (κ1) is 7.63. The van der Waals surface area contributed by atoms with Crippen molar-refractivity contribution in [3.8, 4) is 0 Å². The number of alkyl halides is 1. The van der Waals surface area contributed by atoms with E-state index >= 15 is 0 Å². The molecule has 10 heavy (non-hydrogen) atoms.